The lowest BCUT2D eigenvalue weighted by Crippen LogP contribution is -2.38. The standard InChI is InChI=1S/C26H26ClN3O5S/c1-18-15-19(10-12-23(18)29-14-6-9-26(29)32)28-25(31)17-30(20-11-13-24(35-2)22(27)16-20)36(33,34)21-7-4-3-5-8-21/h3-5,7-8,10-13,15-16H,6,9,14,17H2,1-2H3,(H,28,31). The Balaban J connectivity index is 1.60. The second-order valence-corrected chi connectivity index (χ2v) is 10.6. The number of halogens is 1. The molecule has 3 aromatic rings. The molecular formula is C26H26ClN3O5S. The normalized spacial score (nSPS) is 13.5. The van der Waals surface area contributed by atoms with E-state index in [0.29, 0.717) is 24.4 Å². The summed E-state index contributed by atoms with van der Waals surface area (Å²) in [5.74, 6) is -0.0744. The van der Waals surface area contributed by atoms with Gasteiger partial charge in [-0.15, -0.1) is 0 Å². The van der Waals surface area contributed by atoms with E-state index in [0.717, 1.165) is 22.0 Å². The molecule has 8 nitrogen and oxygen atoms in total. The maximum absolute atomic E-state index is 13.5. The van der Waals surface area contributed by atoms with Crippen molar-refractivity contribution in [2.24, 2.45) is 0 Å². The van der Waals surface area contributed by atoms with Crippen LogP contribution in [0.15, 0.2) is 71.6 Å². The van der Waals surface area contributed by atoms with Gasteiger partial charge in [-0.25, -0.2) is 8.42 Å². The fraction of sp³-hybridized carbons (Fsp3) is 0.231. The number of hydrogen-bond acceptors (Lipinski definition) is 5. The van der Waals surface area contributed by atoms with Gasteiger partial charge in [0.25, 0.3) is 10.0 Å². The monoisotopic (exact) mass is 527 g/mol. The molecule has 1 aliphatic heterocycles. The number of aryl methyl sites for hydroxylation is 1. The Kier molecular flexibility index (Phi) is 7.51. The van der Waals surface area contributed by atoms with Crippen molar-refractivity contribution >= 4 is 50.5 Å². The summed E-state index contributed by atoms with van der Waals surface area (Å²) in [6, 6.07) is 17.6. The molecule has 0 aromatic heterocycles. The molecule has 0 unspecified atom stereocenters. The Morgan fingerprint density at radius 3 is 2.47 bits per heavy atom. The van der Waals surface area contributed by atoms with Crippen LogP contribution in [0.3, 0.4) is 0 Å². The van der Waals surface area contributed by atoms with E-state index in [1.54, 1.807) is 47.4 Å². The maximum Gasteiger partial charge on any atom is 0.264 e. The number of hydrogen-bond donors (Lipinski definition) is 1. The van der Waals surface area contributed by atoms with E-state index in [1.807, 2.05) is 6.92 Å². The van der Waals surface area contributed by atoms with Crippen molar-refractivity contribution in [2.75, 3.05) is 34.7 Å². The van der Waals surface area contributed by atoms with Gasteiger partial charge < -0.3 is 15.0 Å². The number of benzene rings is 3. The van der Waals surface area contributed by atoms with Crippen molar-refractivity contribution in [1.82, 2.24) is 0 Å². The molecule has 188 valence electrons. The molecule has 0 saturated carbocycles. The summed E-state index contributed by atoms with van der Waals surface area (Å²) in [6.07, 6.45) is 1.34. The first kappa shape index (κ1) is 25.5. The summed E-state index contributed by atoms with van der Waals surface area (Å²) < 4.78 is 33.2. The summed E-state index contributed by atoms with van der Waals surface area (Å²) in [6.45, 7) is 2.05. The predicted molar refractivity (Wildman–Crippen MR) is 140 cm³/mol. The van der Waals surface area contributed by atoms with Crippen LogP contribution in [0, 0.1) is 6.92 Å². The van der Waals surface area contributed by atoms with Gasteiger partial charge >= 0.3 is 0 Å². The molecule has 1 fully saturated rings. The van der Waals surface area contributed by atoms with E-state index in [4.69, 9.17) is 16.3 Å². The quantitative estimate of drug-likeness (QED) is 0.461. The highest BCUT2D eigenvalue weighted by Gasteiger charge is 2.28. The lowest BCUT2D eigenvalue weighted by atomic mass is 10.1. The molecule has 0 atom stereocenters. The average molecular weight is 528 g/mol. The number of carbonyl (C=O) groups excluding carboxylic acids is 2. The van der Waals surface area contributed by atoms with Crippen LogP contribution in [-0.4, -0.2) is 40.4 Å². The Morgan fingerprint density at radius 2 is 1.86 bits per heavy atom. The minimum absolute atomic E-state index is 0.0419. The van der Waals surface area contributed by atoms with Crippen molar-refractivity contribution in [2.45, 2.75) is 24.7 Å². The molecule has 1 saturated heterocycles. The molecule has 3 aromatic carbocycles. The van der Waals surface area contributed by atoms with Gasteiger partial charge in [-0.1, -0.05) is 29.8 Å². The first-order chi connectivity index (χ1) is 17.2. The van der Waals surface area contributed by atoms with E-state index in [-0.39, 0.29) is 21.5 Å². The van der Waals surface area contributed by atoms with Gasteiger partial charge in [-0.3, -0.25) is 13.9 Å². The number of amides is 2. The van der Waals surface area contributed by atoms with Crippen LogP contribution >= 0.6 is 11.6 Å². The van der Waals surface area contributed by atoms with Gasteiger partial charge in [-0.2, -0.15) is 0 Å². The summed E-state index contributed by atoms with van der Waals surface area (Å²) in [5, 5.41) is 2.98. The zero-order valence-electron chi connectivity index (χ0n) is 19.9. The van der Waals surface area contributed by atoms with Crippen molar-refractivity contribution < 1.29 is 22.7 Å². The van der Waals surface area contributed by atoms with Crippen LogP contribution < -0.4 is 19.3 Å². The highest BCUT2D eigenvalue weighted by atomic mass is 35.5. The van der Waals surface area contributed by atoms with E-state index in [1.165, 1.54) is 31.4 Å². The first-order valence-electron chi connectivity index (χ1n) is 11.3. The Morgan fingerprint density at radius 1 is 1.11 bits per heavy atom. The van der Waals surface area contributed by atoms with E-state index < -0.39 is 22.5 Å². The van der Waals surface area contributed by atoms with E-state index in [9.17, 15) is 18.0 Å². The highest BCUT2D eigenvalue weighted by molar-refractivity contribution is 7.92. The molecular weight excluding hydrogens is 502 g/mol. The van der Waals surface area contributed by atoms with Gasteiger partial charge in [0, 0.05) is 24.3 Å². The number of nitrogens with one attached hydrogen (secondary N) is 1. The predicted octanol–water partition coefficient (Wildman–Crippen LogP) is 4.62. The molecule has 1 N–H and O–H groups in total. The largest absolute Gasteiger partial charge is 0.495 e. The molecule has 2 amide bonds. The lowest BCUT2D eigenvalue weighted by Gasteiger charge is -2.25. The van der Waals surface area contributed by atoms with E-state index >= 15 is 0 Å². The Bertz CT molecular complexity index is 1400. The summed E-state index contributed by atoms with van der Waals surface area (Å²) >= 11 is 6.26. The lowest BCUT2D eigenvalue weighted by molar-refractivity contribution is -0.117. The molecule has 1 heterocycles. The number of anilines is 3. The van der Waals surface area contributed by atoms with Crippen LogP contribution in [0.2, 0.25) is 5.02 Å². The van der Waals surface area contributed by atoms with Gasteiger partial charge in [0.05, 0.1) is 22.7 Å². The summed E-state index contributed by atoms with van der Waals surface area (Å²) in [5.41, 5.74) is 2.35. The van der Waals surface area contributed by atoms with Crippen molar-refractivity contribution in [3.05, 3.63) is 77.3 Å². The smallest absolute Gasteiger partial charge is 0.264 e. The SMILES string of the molecule is COc1ccc(N(CC(=O)Nc2ccc(N3CCCC3=O)c(C)c2)S(=O)(=O)c2ccccc2)cc1Cl. The second-order valence-electron chi connectivity index (χ2n) is 8.34. The van der Waals surface area contributed by atoms with Crippen LogP contribution in [0.1, 0.15) is 18.4 Å². The fourth-order valence-electron chi connectivity index (χ4n) is 4.12. The van der Waals surface area contributed by atoms with Crippen LogP contribution in [0.25, 0.3) is 0 Å². The van der Waals surface area contributed by atoms with Crippen molar-refractivity contribution in [1.29, 1.82) is 0 Å². The number of sulfonamides is 1. The van der Waals surface area contributed by atoms with Crippen molar-refractivity contribution in [3.8, 4) is 5.75 Å². The fourth-order valence-corrected chi connectivity index (χ4v) is 5.80. The number of ether oxygens (including phenoxy) is 1. The summed E-state index contributed by atoms with van der Waals surface area (Å²) in [4.78, 5) is 26.9. The van der Waals surface area contributed by atoms with Gasteiger partial charge in [0.1, 0.15) is 12.3 Å². The third kappa shape index (κ3) is 5.32. The minimum Gasteiger partial charge on any atom is -0.495 e. The Hall–Kier alpha value is -3.56. The molecule has 0 bridgehead atoms. The topological polar surface area (TPSA) is 96.0 Å². The zero-order valence-corrected chi connectivity index (χ0v) is 21.5. The number of nitrogens with zero attached hydrogens (tertiary/aromatic N) is 2. The molecule has 1 aliphatic rings. The summed E-state index contributed by atoms with van der Waals surface area (Å²) in [7, 11) is -2.62. The first-order valence-corrected chi connectivity index (χ1v) is 13.1. The Labute approximate surface area is 215 Å². The molecule has 36 heavy (non-hydrogen) atoms. The third-order valence-corrected chi connectivity index (χ3v) is 7.97. The molecule has 4 rings (SSSR count). The third-order valence-electron chi connectivity index (χ3n) is 5.89. The van der Waals surface area contributed by atoms with Gasteiger partial charge in [0.15, 0.2) is 0 Å². The van der Waals surface area contributed by atoms with Gasteiger partial charge in [-0.05, 0) is 67.4 Å². The minimum atomic E-state index is -4.08. The number of rotatable bonds is 8. The molecule has 0 spiro atoms. The van der Waals surface area contributed by atoms with E-state index in [2.05, 4.69) is 5.32 Å². The number of methoxy groups -OCH3 is 1. The molecule has 0 radical (unpaired) electrons. The van der Waals surface area contributed by atoms with Crippen molar-refractivity contribution in [3.63, 3.8) is 0 Å². The zero-order chi connectivity index (χ0) is 25.9. The highest BCUT2D eigenvalue weighted by Crippen LogP contribution is 2.32. The molecule has 0 aliphatic carbocycles. The average Bonchev–Trinajstić information content (AvgIpc) is 3.28. The van der Waals surface area contributed by atoms with Crippen LogP contribution in [0.4, 0.5) is 17.1 Å². The van der Waals surface area contributed by atoms with Gasteiger partial charge in [0.2, 0.25) is 11.8 Å². The van der Waals surface area contributed by atoms with Crippen LogP contribution in [0.5, 0.6) is 5.75 Å². The number of carbonyl (C=O) groups is 2. The van der Waals surface area contributed by atoms with Crippen LogP contribution in [-0.2, 0) is 19.6 Å². The maximum atomic E-state index is 13.5. The second kappa shape index (κ2) is 10.6. The molecule has 10 heteroatoms.